The fraction of sp³-hybridized carbons (Fsp3) is 0.524. The van der Waals surface area contributed by atoms with E-state index >= 15 is 0 Å². The van der Waals surface area contributed by atoms with Gasteiger partial charge in [-0.2, -0.15) is 5.26 Å². The fourth-order valence-electron chi connectivity index (χ4n) is 3.54. The van der Waals surface area contributed by atoms with E-state index in [4.69, 9.17) is 0 Å². The molecule has 154 valence electrons. The smallest absolute Gasteiger partial charge is 0.233 e. The number of hydrogen-bond acceptors (Lipinski definition) is 6. The molecule has 8 heteroatoms. The molecular formula is C21H28N6OS. The van der Waals surface area contributed by atoms with Gasteiger partial charge >= 0.3 is 0 Å². The molecule has 3 rings (SSSR count). The maximum Gasteiger partial charge on any atom is 0.233 e. The standard InChI is InChI=1S/C21H28N6OS/c1-16(2)19(13-22)25-9-11-26(12-10-25)20(28)15-29-21-24-23-17(3)27(21)14-18-7-5-4-6-8-18/h4-8,16,19H,9-12,14-15H2,1-3H3. The lowest BCUT2D eigenvalue weighted by molar-refractivity contribution is -0.130. The van der Waals surface area contributed by atoms with Gasteiger partial charge in [-0.05, 0) is 18.4 Å². The molecule has 2 heterocycles. The van der Waals surface area contributed by atoms with E-state index in [0.717, 1.165) is 24.1 Å². The molecule has 0 N–H and O–H groups in total. The number of benzene rings is 1. The SMILES string of the molecule is Cc1nnc(SCC(=O)N2CCN(C(C#N)C(C)C)CC2)n1Cc1ccccc1. The highest BCUT2D eigenvalue weighted by Gasteiger charge is 2.27. The Kier molecular flexibility index (Phi) is 7.29. The topological polar surface area (TPSA) is 78.1 Å². The number of rotatable bonds is 7. The summed E-state index contributed by atoms with van der Waals surface area (Å²) in [6.07, 6.45) is 0. The summed E-state index contributed by atoms with van der Waals surface area (Å²) in [7, 11) is 0. The van der Waals surface area contributed by atoms with Crippen molar-refractivity contribution in [1.29, 1.82) is 5.26 Å². The molecule has 0 aliphatic carbocycles. The third kappa shape index (κ3) is 5.37. The summed E-state index contributed by atoms with van der Waals surface area (Å²) in [6.45, 7) is 9.58. The van der Waals surface area contributed by atoms with Crippen LogP contribution in [0.15, 0.2) is 35.5 Å². The summed E-state index contributed by atoms with van der Waals surface area (Å²) in [6, 6.07) is 12.5. The van der Waals surface area contributed by atoms with Gasteiger partial charge in [-0.1, -0.05) is 55.9 Å². The highest BCUT2D eigenvalue weighted by molar-refractivity contribution is 7.99. The Hall–Kier alpha value is -2.37. The Bertz CT molecular complexity index is 852. The second kappa shape index (κ2) is 9.90. The molecule has 0 bridgehead atoms. The Balaban J connectivity index is 1.54. The summed E-state index contributed by atoms with van der Waals surface area (Å²) in [5.74, 6) is 1.59. The van der Waals surface area contributed by atoms with Crippen molar-refractivity contribution in [2.45, 2.75) is 38.5 Å². The van der Waals surface area contributed by atoms with Crippen LogP contribution in [-0.4, -0.2) is 68.4 Å². The molecule has 1 aliphatic heterocycles. The van der Waals surface area contributed by atoms with Crippen LogP contribution in [0.4, 0.5) is 0 Å². The molecule has 1 aromatic heterocycles. The van der Waals surface area contributed by atoms with E-state index in [2.05, 4.69) is 47.1 Å². The minimum atomic E-state index is -0.0823. The zero-order chi connectivity index (χ0) is 20.8. The first-order valence-corrected chi connectivity index (χ1v) is 11.0. The predicted molar refractivity (Wildman–Crippen MR) is 113 cm³/mol. The van der Waals surface area contributed by atoms with Crippen molar-refractivity contribution in [2.24, 2.45) is 5.92 Å². The number of aryl methyl sites for hydroxylation is 1. The van der Waals surface area contributed by atoms with Crippen molar-refractivity contribution in [1.82, 2.24) is 24.6 Å². The van der Waals surface area contributed by atoms with E-state index < -0.39 is 0 Å². The van der Waals surface area contributed by atoms with E-state index in [1.165, 1.54) is 17.3 Å². The van der Waals surface area contributed by atoms with Gasteiger partial charge in [0.15, 0.2) is 5.16 Å². The first kappa shape index (κ1) is 21.3. The molecule has 1 amide bonds. The zero-order valence-electron chi connectivity index (χ0n) is 17.3. The van der Waals surface area contributed by atoms with Gasteiger partial charge in [0.05, 0.1) is 18.4 Å². The Morgan fingerprint density at radius 1 is 1.17 bits per heavy atom. The van der Waals surface area contributed by atoms with E-state index in [0.29, 0.717) is 25.4 Å². The van der Waals surface area contributed by atoms with Gasteiger partial charge in [-0.3, -0.25) is 9.69 Å². The lowest BCUT2D eigenvalue weighted by Crippen LogP contribution is -2.53. The van der Waals surface area contributed by atoms with Gasteiger partial charge in [0.25, 0.3) is 0 Å². The second-order valence-corrected chi connectivity index (χ2v) is 8.57. The van der Waals surface area contributed by atoms with Gasteiger partial charge in [0, 0.05) is 26.2 Å². The van der Waals surface area contributed by atoms with E-state index in [1.54, 1.807) is 0 Å². The van der Waals surface area contributed by atoms with Gasteiger partial charge in [0.2, 0.25) is 5.91 Å². The number of hydrogen-bond donors (Lipinski definition) is 0. The molecule has 0 radical (unpaired) electrons. The van der Waals surface area contributed by atoms with Crippen molar-refractivity contribution in [3.05, 3.63) is 41.7 Å². The van der Waals surface area contributed by atoms with Crippen molar-refractivity contribution >= 4 is 17.7 Å². The average molecular weight is 413 g/mol. The fourth-order valence-corrected chi connectivity index (χ4v) is 4.42. The summed E-state index contributed by atoms with van der Waals surface area (Å²) in [5.41, 5.74) is 1.18. The van der Waals surface area contributed by atoms with Crippen LogP contribution in [0.25, 0.3) is 0 Å². The van der Waals surface area contributed by atoms with Crippen LogP contribution in [-0.2, 0) is 11.3 Å². The lowest BCUT2D eigenvalue weighted by Gasteiger charge is -2.38. The number of thioether (sulfide) groups is 1. The molecule has 1 aliphatic rings. The predicted octanol–water partition coefficient (Wildman–Crippen LogP) is 2.42. The van der Waals surface area contributed by atoms with E-state index in [9.17, 15) is 10.1 Å². The minimum absolute atomic E-state index is 0.0823. The molecule has 1 aromatic carbocycles. The molecule has 29 heavy (non-hydrogen) atoms. The summed E-state index contributed by atoms with van der Waals surface area (Å²) >= 11 is 1.44. The third-order valence-corrected chi connectivity index (χ3v) is 6.19. The lowest BCUT2D eigenvalue weighted by atomic mass is 10.0. The number of piperazine rings is 1. The summed E-state index contributed by atoms with van der Waals surface area (Å²) in [5, 5.41) is 18.6. The molecule has 7 nitrogen and oxygen atoms in total. The van der Waals surface area contributed by atoms with E-state index in [1.807, 2.05) is 34.6 Å². The van der Waals surface area contributed by atoms with Gasteiger partial charge in [-0.15, -0.1) is 10.2 Å². The maximum absolute atomic E-state index is 12.7. The minimum Gasteiger partial charge on any atom is -0.339 e. The molecule has 0 spiro atoms. The first-order valence-electron chi connectivity index (χ1n) is 9.97. The molecule has 0 saturated carbocycles. The van der Waals surface area contributed by atoms with Gasteiger partial charge in [-0.25, -0.2) is 0 Å². The molecular weight excluding hydrogens is 384 g/mol. The number of nitriles is 1. The molecule has 1 saturated heterocycles. The Labute approximate surface area is 176 Å². The van der Waals surface area contributed by atoms with E-state index in [-0.39, 0.29) is 17.9 Å². The normalized spacial score (nSPS) is 16.0. The van der Waals surface area contributed by atoms with Crippen LogP contribution in [0.3, 0.4) is 0 Å². The number of aromatic nitrogens is 3. The van der Waals surface area contributed by atoms with Crippen LogP contribution >= 0.6 is 11.8 Å². The molecule has 1 atom stereocenters. The van der Waals surface area contributed by atoms with Crippen LogP contribution in [0.2, 0.25) is 0 Å². The molecule has 2 aromatic rings. The van der Waals surface area contributed by atoms with Crippen LogP contribution in [0, 0.1) is 24.2 Å². The van der Waals surface area contributed by atoms with Crippen molar-refractivity contribution in [3.63, 3.8) is 0 Å². The van der Waals surface area contributed by atoms with Crippen LogP contribution < -0.4 is 0 Å². The third-order valence-electron chi connectivity index (χ3n) is 5.23. The number of amides is 1. The first-order chi connectivity index (χ1) is 14.0. The summed E-state index contributed by atoms with van der Waals surface area (Å²) < 4.78 is 2.05. The van der Waals surface area contributed by atoms with Crippen molar-refractivity contribution < 1.29 is 4.79 Å². The molecule has 1 unspecified atom stereocenters. The summed E-state index contributed by atoms with van der Waals surface area (Å²) in [4.78, 5) is 16.8. The zero-order valence-corrected chi connectivity index (χ0v) is 18.1. The second-order valence-electron chi connectivity index (χ2n) is 7.62. The molecule has 1 fully saturated rings. The maximum atomic E-state index is 12.7. The van der Waals surface area contributed by atoms with Gasteiger partial charge in [0.1, 0.15) is 11.9 Å². The number of carbonyl (C=O) groups is 1. The van der Waals surface area contributed by atoms with Gasteiger partial charge < -0.3 is 9.47 Å². The van der Waals surface area contributed by atoms with Crippen LogP contribution in [0.5, 0.6) is 0 Å². The largest absolute Gasteiger partial charge is 0.339 e. The van der Waals surface area contributed by atoms with Crippen LogP contribution in [0.1, 0.15) is 25.2 Å². The van der Waals surface area contributed by atoms with Crippen molar-refractivity contribution in [2.75, 3.05) is 31.9 Å². The quantitative estimate of drug-likeness (QED) is 0.650. The Morgan fingerprint density at radius 2 is 1.86 bits per heavy atom. The monoisotopic (exact) mass is 412 g/mol. The Morgan fingerprint density at radius 3 is 2.48 bits per heavy atom. The van der Waals surface area contributed by atoms with Crippen molar-refractivity contribution in [3.8, 4) is 6.07 Å². The average Bonchev–Trinajstić information content (AvgIpc) is 3.07. The highest BCUT2D eigenvalue weighted by Crippen LogP contribution is 2.20. The number of carbonyl (C=O) groups excluding carboxylic acids is 1. The number of nitrogens with zero attached hydrogens (tertiary/aromatic N) is 6. The highest BCUT2D eigenvalue weighted by atomic mass is 32.2.